The second-order valence-electron chi connectivity index (χ2n) is 4.35. The maximum absolute atomic E-state index is 12.7. The second-order valence-corrected chi connectivity index (χ2v) is 5.29. The summed E-state index contributed by atoms with van der Waals surface area (Å²) in [5, 5.41) is 1.95. The van der Waals surface area contributed by atoms with Crippen molar-refractivity contribution in [3.8, 4) is 10.6 Å². The molecule has 0 aliphatic heterocycles. The molecule has 6 heteroatoms. The topological polar surface area (TPSA) is 72.1 Å². The summed E-state index contributed by atoms with van der Waals surface area (Å²) >= 11 is 1.54. The number of hydrogen-bond donors (Lipinski definition) is 1. The van der Waals surface area contributed by atoms with Crippen LogP contribution in [0.5, 0.6) is 0 Å². The molecular formula is C14H18N4OS. The minimum Gasteiger partial charge on any atom is -0.368 e. The molecule has 0 saturated carbocycles. The van der Waals surface area contributed by atoms with Gasteiger partial charge in [0.25, 0.3) is 5.91 Å². The number of nitrogen functional groups attached to an aromatic ring is 1. The quantitative estimate of drug-likeness (QED) is 0.939. The molecule has 2 aromatic rings. The molecule has 1 amide bonds. The molecule has 0 saturated heterocycles. The Kier molecular flexibility index (Phi) is 4.34. The maximum Gasteiger partial charge on any atom is 0.257 e. The molecule has 2 N–H and O–H groups in total. The molecular weight excluding hydrogens is 272 g/mol. The van der Waals surface area contributed by atoms with E-state index in [0.717, 1.165) is 4.88 Å². The third-order valence-corrected chi connectivity index (χ3v) is 4.00. The first-order chi connectivity index (χ1) is 9.58. The van der Waals surface area contributed by atoms with Crippen LogP contribution >= 0.6 is 11.3 Å². The summed E-state index contributed by atoms with van der Waals surface area (Å²) in [5.41, 5.74) is 7.53. The molecule has 0 aliphatic carbocycles. The normalized spacial score (nSPS) is 10.6. The molecule has 5 nitrogen and oxygen atoms in total. The van der Waals surface area contributed by atoms with Gasteiger partial charge in [-0.15, -0.1) is 11.3 Å². The van der Waals surface area contributed by atoms with Crippen molar-refractivity contribution in [2.24, 2.45) is 0 Å². The Labute approximate surface area is 122 Å². The number of amides is 1. The summed E-state index contributed by atoms with van der Waals surface area (Å²) in [5.74, 6) is 0.151. The van der Waals surface area contributed by atoms with E-state index >= 15 is 0 Å². The van der Waals surface area contributed by atoms with Crippen molar-refractivity contribution in [3.63, 3.8) is 0 Å². The third-order valence-electron chi connectivity index (χ3n) is 3.13. The smallest absolute Gasteiger partial charge is 0.257 e. The van der Waals surface area contributed by atoms with E-state index in [1.165, 1.54) is 11.3 Å². The SMILES string of the molecule is CCN(CC)C(=O)c1c(C)nc(N)nc1-c1cccs1. The standard InChI is InChI=1S/C14H18N4OS/c1-4-18(5-2)13(19)11-9(3)16-14(15)17-12(11)10-7-6-8-20-10/h6-8H,4-5H2,1-3H3,(H2,15,16,17). The predicted octanol–water partition coefficient (Wildman–Crippen LogP) is 2.58. The summed E-state index contributed by atoms with van der Waals surface area (Å²) in [7, 11) is 0. The van der Waals surface area contributed by atoms with Crippen molar-refractivity contribution >= 4 is 23.2 Å². The van der Waals surface area contributed by atoms with Gasteiger partial charge in [-0.25, -0.2) is 9.97 Å². The van der Waals surface area contributed by atoms with Crippen molar-refractivity contribution in [3.05, 3.63) is 28.8 Å². The summed E-state index contributed by atoms with van der Waals surface area (Å²) in [6, 6.07) is 3.87. The lowest BCUT2D eigenvalue weighted by Gasteiger charge is -2.20. The third kappa shape index (κ3) is 2.65. The van der Waals surface area contributed by atoms with E-state index in [0.29, 0.717) is 30.0 Å². The Morgan fingerprint density at radius 3 is 2.60 bits per heavy atom. The van der Waals surface area contributed by atoms with Gasteiger partial charge >= 0.3 is 0 Å². The van der Waals surface area contributed by atoms with Crippen LogP contribution in [-0.4, -0.2) is 33.9 Å². The van der Waals surface area contributed by atoms with E-state index in [4.69, 9.17) is 5.73 Å². The number of nitrogens with two attached hydrogens (primary N) is 1. The van der Waals surface area contributed by atoms with Crippen LogP contribution in [0, 0.1) is 6.92 Å². The maximum atomic E-state index is 12.7. The van der Waals surface area contributed by atoms with E-state index < -0.39 is 0 Å². The summed E-state index contributed by atoms with van der Waals surface area (Å²) in [4.78, 5) is 23.8. The van der Waals surface area contributed by atoms with Crippen molar-refractivity contribution < 1.29 is 4.79 Å². The lowest BCUT2D eigenvalue weighted by molar-refractivity contribution is 0.0772. The van der Waals surface area contributed by atoms with Gasteiger partial charge in [0, 0.05) is 13.1 Å². The first kappa shape index (κ1) is 14.5. The Balaban J connectivity index is 2.60. The summed E-state index contributed by atoms with van der Waals surface area (Å²) in [6.07, 6.45) is 0. The van der Waals surface area contributed by atoms with Gasteiger partial charge in [0.05, 0.1) is 21.8 Å². The van der Waals surface area contributed by atoms with E-state index in [1.54, 1.807) is 11.8 Å². The predicted molar refractivity (Wildman–Crippen MR) is 81.7 cm³/mol. The number of carbonyl (C=O) groups is 1. The molecule has 2 aromatic heterocycles. The zero-order chi connectivity index (χ0) is 14.7. The van der Waals surface area contributed by atoms with E-state index in [1.807, 2.05) is 31.4 Å². The van der Waals surface area contributed by atoms with Gasteiger partial charge in [-0.1, -0.05) is 6.07 Å². The van der Waals surface area contributed by atoms with E-state index in [9.17, 15) is 4.79 Å². The number of rotatable bonds is 4. The summed E-state index contributed by atoms with van der Waals surface area (Å²) < 4.78 is 0. The zero-order valence-corrected chi connectivity index (χ0v) is 12.7. The Morgan fingerprint density at radius 2 is 2.05 bits per heavy atom. The molecule has 0 fully saturated rings. The van der Waals surface area contributed by atoms with Gasteiger partial charge in [-0.05, 0) is 32.2 Å². The average Bonchev–Trinajstić information content (AvgIpc) is 2.92. The van der Waals surface area contributed by atoms with E-state index in [-0.39, 0.29) is 11.9 Å². The molecule has 0 radical (unpaired) electrons. The fourth-order valence-corrected chi connectivity index (χ4v) is 2.83. The molecule has 0 spiro atoms. The lowest BCUT2D eigenvalue weighted by Crippen LogP contribution is -2.32. The highest BCUT2D eigenvalue weighted by atomic mass is 32.1. The van der Waals surface area contributed by atoms with Crippen molar-refractivity contribution in [1.82, 2.24) is 14.9 Å². The van der Waals surface area contributed by atoms with Gasteiger partial charge in [-0.2, -0.15) is 0 Å². The van der Waals surface area contributed by atoms with Gasteiger partial charge in [0.15, 0.2) is 0 Å². The molecule has 0 aliphatic rings. The molecule has 20 heavy (non-hydrogen) atoms. The second kappa shape index (κ2) is 6.00. The van der Waals surface area contributed by atoms with Crippen molar-refractivity contribution in [1.29, 1.82) is 0 Å². The van der Waals surface area contributed by atoms with Crippen molar-refractivity contribution in [2.45, 2.75) is 20.8 Å². The number of hydrogen-bond acceptors (Lipinski definition) is 5. The molecule has 0 unspecified atom stereocenters. The summed E-state index contributed by atoms with van der Waals surface area (Å²) in [6.45, 7) is 7.03. The monoisotopic (exact) mass is 290 g/mol. The number of thiophene rings is 1. The minimum atomic E-state index is -0.0455. The highest BCUT2D eigenvalue weighted by molar-refractivity contribution is 7.13. The van der Waals surface area contributed by atoms with Crippen LogP contribution < -0.4 is 5.73 Å². The van der Waals surface area contributed by atoms with Crippen LogP contribution in [0.3, 0.4) is 0 Å². The molecule has 2 heterocycles. The fourth-order valence-electron chi connectivity index (χ4n) is 2.11. The Bertz CT molecular complexity index is 606. The fraction of sp³-hybridized carbons (Fsp3) is 0.357. The number of carbonyl (C=O) groups excluding carboxylic acids is 1. The van der Waals surface area contributed by atoms with Crippen molar-refractivity contribution in [2.75, 3.05) is 18.8 Å². The van der Waals surface area contributed by atoms with Crippen LogP contribution in [0.25, 0.3) is 10.6 Å². The Morgan fingerprint density at radius 1 is 1.35 bits per heavy atom. The molecule has 0 atom stereocenters. The van der Waals surface area contributed by atoms with Crippen LogP contribution in [0.2, 0.25) is 0 Å². The number of anilines is 1. The largest absolute Gasteiger partial charge is 0.368 e. The van der Waals surface area contributed by atoms with Crippen LogP contribution in [0.4, 0.5) is 5.95 Å². The van der Waals surface area contributed by atoms with Gasteiger partial charge in [0.2, 0.25) is 5.95 Å². The van der Waals surface area contributed by atoms with Crippen LogP contribution in [0.15, 0.2) is 17.5 Å². The number of aromatic nitrogens is 2. The lowest BCUT2D eigenvalue weighted by atomic mass is 10.1. The molecule has 2 rings (SSSR count). The first-order valence-corrected chi connectivity index (χ1v) is 7.43. The molecule has 106 valence electrons. The van der Waals surface area contributed by atoms with Gasteiger partial charge in [-0.3, -0.25) is 4.79 Å². The number of aryl methyl sites for hydroxylation is 1. The molecule has 0 aromatic carbocycles. The highest BCUT2D eigenvalue weighted by Crippen LogP contribution is 2.29. The van der Waals surface area contributed by atoms with Gasteiger partial charge in [0.1, 0.15) is 0 Å². The zero-order valence-electron chi connectivity index (χ0n) is 11.9. The minimum absolute atomic E-state index is 0.0455. The van der Waals surface area contributed by atoms with Gasteiger partial charge < -0.3 is 10.6 Å². The highest BCUT2D eigenvalue weighted by Gasteiger charge is 2.23. The van der Waals surface area contributed by atoms with Crippen LogP contribution in [0.1, 0.15) is 29.9 Å². The van der Waals surface area contributed by atoms with Crippen LogP contribution in [-0.2, 0) is 0 Å². The average molecular weight is 290 g/mol. The first-order valence-electron chi connectivity index (χ1n) is 6.55. The molecule has 0 bridgehead atoms. The Hall–Kier alpha value is -1.95. The van der Waals surface area contributed by atoms with E-state index in [2.05, 4.69) is 9.97 Å². The number of nitrogens with zero attached hydrogens (tertiary/aromatic N) is 3.